The Hall–Kier alpha value is -1.59. The zero-order valence-electron chi connectivity index (χ0n) is 12.2. The number of rotatable bonds is 4. The minimum Gasteiger partial charge on any atom is -0.469 e. The van der Waals surface area contributed by atoms with Crippen molar-refractivity contribution in [3.05, 3.63) is 0 Å². The lowest BCUT2D eigenvalue weighted by molar-refractivity contribution is -0.161. The zero-order chi connectivity index (χ0) is 14.8. The lowest BCUT2D eigenvalue weighted by Crippen LogP contribution is -2.58. The topological polar surface area (TPSA) is 66.9 Å². The molecule has 0 radical (unpaired) electrons. The second-order valence-electron chi connectivity index (χ2n) is 5.69. The molecule has 0 aliphatic carbocycles. The molecule has 1 heterocycles. The Labute approximate surface area is 113 Å². The van der Waals surface area contributed by atoms with Crippen LogP contribution in [0.25, 0.3) is 0 Å². The fourth-order valence-electron chi connectivity index (χ4n) is 2.15. The molecule has 1 fully saturated rings. The van der Waals surface area contributed by atoms with Crippen LogP contribution in [-0.2, 0) is 19.1 Å². The first-order chi connectivity index (χ1) is 8.70. The van der Waals surface area contributed by atoms with Crippen molar-refractivity contribution in [1.82, 2.24) is 9.80 Å². The number of hydrogen-bond acceptors (Lipinski definition) is 4. The van der Waals surface area contributed by atoms with Crippen molar-refractivity contribution >= 4 is 17.8 Å². The van der Waals surface area contributed by atoms with Gasteiger partial charge in [-0.15, -0.1) is 0 Å². The summed E-state index contributed by atoms with van der Waals surface area (Å²) in [6, 6.07) is 0.00668. The van der Waals surface area contributed by atoms with Crippen molar-refractivity contribution in [2.75, 3.05) is 26.7 Å². The lowest BCUT2D eigenvalue weighted by Gasteiger charge is -2.38. The summed E-state index contributed by atoms with van der Waals surface area (Å²) >= 11 is 0. The van der Waals surface area contributed by atoms with E-state index in [1.54, 1.807) is 18.7 Å². The van der Waals surface area contributed by atoms with Gasteiger partial charge >= 0.3 is 17.8 Å². The third-order valence-electron chi connectivity index (χ3n) is 3.29. The van der Waals surface area contributed by atoms with E-state index in [-0.39, 0.29) is 18.6 Å². The first-order valence-corrected chi connectivity index (χ1v) is 6.39. The van der Waals surface area contributed by atoms with E-state index in [0.29, 0.717) is 13.1 Å². The molecule has 108 valence electrons. The van der Waals surface area contributed by atoms with Gasteiger partial charge in [0, 0.05) is 25.7 Å². The summed E-state index contributed by atoms with van der Waals surface area (Å²) in [6.07, 6.45) is 0. The minimum absolute atomic E-state index is 0.00668. The normalized spacial score (nSPS) is 17.2. The molecule has 0 unspecified atom stereocenters. The van der Waals surface area contributed by atoms with Crippen LogP contribution in [0.1, 0.15) is 27.7 Å². The standard InChI is InChI=1S/C13H22N2O4/c1-9(2)15-7-6-14(10(16)11(15)17)8-13(3,4)12(18)19-5/h9H,6-8H2,1-5H3. The fourth-order valence-corrected chi connectivity index (χ4v) is 2.15. The van der Waals surface area contributed by atoms with E-state index in [1.807, 2.05) is 13.8 Å². The highest BCUT2D eigenvalue weighted by Crippen LogP contribution is 2.21. The van der Waals surface area contributed by atoms with E-state index < -0.39 is 17.2 Å². The maximum absolute atomic E-state index is 12.0. The van der Waals surface area contributed by atoms with Crippen molar-refractivity contribution in [3.63, 3.8) is 0 Å². The van der Waals surface area contributed by atoms with Gasteiger partial charge in [0.1, 0.15) is 0 Å². The number of esters is 1. The molecular weight excluding hydrogens is 248 g/mol. The number of nitrogens with zero attached hydrogens (tertiary/aromatic N) is 2. The van der Waals surface area contributed by atoms with Crippen molar-refractivity contribution in [3.8, 4) is 0 Å². The van der Waals surface area contributed by atoms with E-state index in [2.05, 4.69) is 0 Å². The van der Waals surface area contributed by atoms with Crippen LogP contribution in [0.4, 0.5) is 0 Å². The van der Waals surface area contributed by atoms with Crippen LogP contribution in [0.15, 0.2) is 0 Å². The van der Waals surface area contributed by atoms with Gasteiger partial charge in [-0.2, -0.15) is 0 Å². The maximum Gasteiger partial charge on any atom is 0.313 e. The number of piperazine rings is 1. The summed E-state index contributed by atoms with van der Waals surface area (Å²) in [6.45, 7) is 8.29. The van der Waals surface area contributed by atoms with Crippen LogP contribution in [0.3, 0.4) is 0 Å². The Kier molecular flexibility index (Phi) is 4.55. The second kappa shape index (κ2) is 5.59. The van der Waals surface area contributed by atoms with Gasteiger partial charge in [-0.3, -0.25) is 14.4 Å². The minimum atomic E-state index is -0.815. The van der Waals surface area contributed by atoms with Crippen molar-refractivity contribution in [1.29, 1.82) is 0 Å². The van der Waals surface area contributed by atoms with Gasteiger partial charge < -0.3 is 14.5 Å². The number of carbonyl (C=O) groups excluding carboxylic acids is 3. The zero-order valence-corrected chi connectivity index (χ0v) is 12.2. The number of methoxy groups -OCH3 is 1. The Balaban J connectivity index is 2.76. The molecule has 0 N–H and O–H groups in total. The van der Waals surface area contributed by atoms with E-state index in [0.717, 1.165) is 0 Å². The largest absolute Gasteiger partial charge is 0.469 e. The van der Waals surface area contributed by atoms with Gasteiger partial charge in [0.05, 0.1) is 12.5 Å². The van der Waals surface area contributed by atoms with Crippen LogP contribution >= 0.6 is 0 Å². The van der Waals surface area contributed by atoms with Gasteiger partial charge in [0.2, 0.25) is 0 Å². The first kappa shape index (κ1) is 15.5. The second-order valence-corrected chi connectivity index (χ2v) is 5.69. The van der Waals surface area contributed by atoms with Gasteiger partial charge in [0.25, 0.3) is 0 Å². The molecule has 0 aromatic carbocycles. The quantitative estimate of drug-likeness (QED) is 0.543. The lowest BCUT2D eigenvalue weighted by atomic mass is 9.92. The summed E-state index contributed by atoms with van der Waals surface area (Å²) in [5, 5.41) is 0. The molecule has 1 rings (SSSR count). The average molecular weight is 270 g/mol. The number of ether oxygens (including phenoxy) is 1. The number of hydrogen-bond donors (Lipinski definition) is 0. The summed E-state index contributed by atoms with van der Waals surface area (Å²) < 4.78 is 4.71. The van der Waals surface area contributed by atoms with Gasteiger partial charge in [-0.25, -0.2) is 0 Å². The predicted octanol–water partition coefficient (Wildman–Crippen LogP) is 0.265. The highest BCUT2D eigenvalue weighted by Gasteiger charge is 2.39. The molecule has 0 aromatic rings. The molecule has 1 aliphatic rings. The third-order valence-corrected chi connectivity index (χ3v) is 3.29. The van der Waals surface area contributed by atoms with E-state index in [1.165, 1.54) is 12.0 Å². The summed E-state index contributed by atoms with van der Waals surface area (Å²) in [7, 11) is 1.31. The monoisotopic (exact) mass is 270 g/mol. The Morgan fingerprint density at radius 3 is 2.32 bits per heavy atom. The van der Waals surface area contributed by atoms with E-state index >= 15 is 0 Å². The molecule has 6 nitrogen and oxygen atoms in total. The Bertz CT molecular complexity index is 390. The molecule has 0 atom stereocenters. The molecule has 1 aliphatic heterocycles. The van der Waals surface area contributed by atoms with Crippen LogP contribution in [0.5, 0.6) is 0 Å². The molecular formula is C13H22N2O4. The van der Waals surface area contributed by atoms with Crippen LogP contribution in [0.2, 0.25) is 0 Å². The highest BCUT2D eigenvalue weighted by atomic mass is 16.5. The average Bonchev–Trinajstić information content (AvgIpc) is 2.33. The van der Waals surface area contributed by atoms with Gasteiger partial charge in [0.15, 0.2) is 0 Å². The summed E-state index contributed by atoms with van der Waals surface area (Å²) in [5.74, 6) is -1.43. The predicted molar refractivity (Wildman–Crippen MR) is 69.2 cm³/mol. The smallest absolute Gasteiger partial charge is 0.313 e. The molecule has 0 saturated carbocycles. The number of amides is 2. The van der Waals surface area contributed by atoms with Crippen molar-refractivity contribution in [2.45, 2.75) is 33.7 Å². The van der Waals surface area contributed by atoms with Crippen LogP contribution in [-0.4, -0.2) is 60.4 Å². The molecule has 6 heteroatoms. The summed E-state index contributed by atoms with van der Waals surface area (Å²) in [5.41, 5.74) is -0.815. The van der Waals surface area contributed by atoms with Crippen LogP contribution < -0.4 is 0 Å². The first-order valence-electron chi connectivity index (χ1n) is 6.39. The Morgan fingerprint density at radius 2 is 1.84 bits per heavy atom. The molecule has 0 aromatic heterocycles. The molecule has 0 spiro atoms. The van der Waals surface area contributed by atoms with Crippen LogP contribution in [0, 0.1) is 5.41 Å². The van der Waals surface area contributed by atoms with E-state index in [4.69, 9.17) is 4.74 Å². The maximum atomic E-state index is 12.0. The summed E-state index contributed by atoms with van der Waals surface area (Å²) in [4.78, 5) is 38.5. The van der Waals surface area contributed by atoms with Crippen molar-refractivity contribution < 1.29 is 19.1 Å². The number of carbonyl (C=O) groups is 3. The molecule has 1 saturated heterocycles. The molecule has 0 bridgehead atoms. The van der Waals surface area contributed by atoms with Crippen molar-refractivity contribution in [2.24, 2.45) is 5.41 Å². The fraction of sp³-hybridized carbons (Fsp3) is 0.769. The third kappa shape index (κ3) is 3.24. The molecule has 2 amide bonds. The highest BCUT2D eigenvalue weighted by molar-refractivity contribution is 6.35. The Morgan fingerprint density at radius 1 is 1.26 bits per heavy atom. The van der Waals surface area contributed by atoms with Gasteiger partial charge in [-0.05, 0) is 27.7 Å². The van der Waals surface area contributed by atoms with Gasteiger partial charge in [-0.1, -0.05) is 0 Å². The SMILES string of the molecule is COC(=O)C(C)(C)CN1CCN(C(C)C)C(=O)C1=O. The van der Waals surface area contributed by atoms with E-state index in [9.17, 15) is 14.4 Å². The molecule has 19 heavy (non-hydrogen) atoms.